The molecule has 0 bridgehead atoms. The second-order valence-corrected chi connectivity index (χ2v) is 10.1. The van der Waals surface area contributed by atoms with Crippen LogP contribution in [0.4, 0.5) is 15.0 Å². The highest BCUT2D eigenvalue weighted by molar-refractivity contribution is 5.88. The van der Waals surface area contributed by atoms with Crippen LogP contribution in [0.5, 0.6) is 0 Å². The number of hydrogen-bond acceptors (Lipinski definition) is 3. The first kappa shape index (κ1) is 24.1. The Morgan fingerprint density at radius 1 is 1.08 bits per heavy atom. The molecule has 6 nitrogen and oxygen atoms in total. The third kappa shape index (κ3) is 4.72. The van der Waals surface area contributed by atoms with Crippen molar-refractivity contribution in [2.45, 2.75) is 44.6 Å². The first-order valence-corrected chi connectivity index (χ1v) is 13.1. The zero-order valence-electron chi connectivity index (χ0n) is 21.3. The number of nitrogens with zero attached hydrogens (tertiary/aromatic N) is 3. The van der Waals surface area contributed by atoms with Gasteiger partial charge in [0.15, 0.2) is 0 Å². The fourth-order valence-electron chi connectivity index (χ4n) is 6.13. The van der Waals surface area contributed by atoms with Gasteiger partial charge in [0.25, 0.3) is 0 Å². The molecule has 2 aliphatic rings. The summed E-state index contributed by atoms with van der Waals surface area (Å²) in [6.07, 6.45) is 7.41. The number of allylic oxidation sites excluding steroid dienone is 2. The molecule has 2 aromatic heterocycles. The molecule has 0 fully saturated rings. The van der Waals surface area contributed by atoms with Crippen LogP contribution in [-0.4, -0.2) is 20.8 Å². The van der Waals surface area contributed by atoms with Gasteiger partial charge in [0.2, 0.25) is 0 Å². The van der Waals surface area contributed by atoms with Crippen molar-refractivity contribution < 1.29 is 9.18 Å². The Kier molecular flexibility index (Phi) is 6.50. The normalized spacial score (nSPS) is 19.0. The average molecular weight is 508 g/mol. The van der Waals surface area contributed by atoms with E-state index in [4.69, 9.17) is 0 Å². The highest BCUT2D eigenvalue weighted by Crippen LogP contribution is 2.49. The van der Waals surface area contributed by atoms with Gasteiger partial charge in [0.1, 0.15) is 11.6 Å². The van der Waals surface area contributed by atoms with Gasteiger partial charge in [0, 0.05) is 24.1 Å². The number of pyridine rings is 1. The predicted octanol–water partition coefficient (Wildman–Crippen LogP) is 6.73. The molecule has 2 N–H and O–H groups in total. The lowest BCUT2D eigenvalue weighted by Crippen LogP contribution is -2.34. The van der Waals surface area contributed by atoms with Gasteiger partial charge in [-0.2, -0.15) is 5.10 Å². The van der Waals surface area contributed by atoms with Gasteiger partial charge in [0.05, 0.1) is 23.6 Å². The van der Waals surface area contributed by atoms with E-state index in [0.29, 0.717) is 11.7 Å². The number of amides is 2. The van der Waals surface area contributed by atoms with Crippen LogP contribution in [0.3, 0.4) is 0 Å². The Balaban J connectivity index is 1.23. The number of carbonyl (C=O) groups excluding carboxylic acids is 1. The molecule has 0 spiro atoms. The van der Waals surface area contributed by atoms with Crippen LogP contribution >= 0.6 is 0 Å². The third-order valence-electron chi connectivity index (χ3n) is 7.86. The smallest absolute Gasteiger partial charge is 0.320 e. The molecule has 0 aliphatic heterocycles. The Hall–Kier alpha value is -4.26. The number of hydrogen-bond donors (Lipinski definition) is 2. The van der Waals surface area contributed by atoms with Gasteiger partial charge in [-0.25, -0.2) is 18.9 Å². The number of anilines is 1. The van der Waals surface area contributed by atoms with Crippen LogP contribution in [0.15, 0.2) is 96.3 Å². The fourth-order valence-corrected chi connectivity index (χ4v) is 6.13. The van der Waals surface area contributed by atoms with Crippen molar-refractivity contribution in [3.63, 3.8) is 0 Å². The first-order valence-electron chi connectivity index (χ1n) is 13.1. The molecule has 6 rings (SSSR count). The van der Waals surface area contributed by atoms with Gasteiger partial charge in [-0.15, -0.1) is 0 Å². The second-order valence-electron chi connectivity index (χ2n) is 10.1. The number of benzene rings is 2. The Labute approximate surface area is 221 Å². The molecule has 2 heterocycles. The summed E-state index contributed by atoms with van der Waals surface area (Å²) in [4.78, 5) is 17.1. The maximum atomic E-state index is 13.5. The number of rotatable bonds is 6. The van der Waals surface area contributed by atoms with Gasteiger partial charge in [-0.1, -0.05) is 54.5 Å². The Bertz CT molecular complexity index is 1460. The molecule has 4 aromatic rings. The molecule has 2 aromatic carbocycles. The van der Waals surface area contributed by atoms with Crippen LogP contribution in [0, 0.1) is 11.7 Å². The molecule has 192 valence electrons. The summed E-state index contributed by atoms with van der Waals surface area (Å²) in [5.74, 6) is 0.883. The molecule has 3 atom stereocenters. The SMILES string of the molecule is C[C@@H]1C2=C(CC[C@@H]2CC(NC(=O)Nc2ccccn2)c2ccccc2)Cc2c1cnn2-c1ccc(F)cc1. The zero-order valence-corrected chi connectivity index (χ0v) is 21.3. The van der Waals surface area contributed by atoms with E-state index in [2.05, 4.69) is 39.8 Å². The molecule has 0 saturated carbocycles. The van der Waals surface area contributed by atoms with Gasteiger partial charge < -0.3 is 5.32 Å². The Morgan fingerprint density at radius 2 is 1.87 bits per heavy atom. The molecule has 2 amide bonds. The summed E-state index contributed by atoms with van der Waals surface area (Å²) in [5, 5.41) is 10.8. The second kappa shape index (κ2) is 10.2. The monoisotopic (exact) mass is 507 g/mol. The van der Waals surface area contributed by atoms with E-state index < -0.39 is 0 Å². The quantitative estimate of drug-likeness (QED) is 0.284. The zero-order chi connectivity index (χ0) is 26.1. The van der Waals surface area contributed by atoms with E-state index >= 15 is 0 Å². The minimum absolute atomic E-state index is 0.132. The molecule has 0 radical (unpaired) electrons. The fraction of sp³-hybridized carbons (Fsp3) is 0.258. The average Bonchev–Trinajstić information content (AvgIpc) is 3.55. The molecule has 2 aliphatic carbocycles. The van der Waals surface area contributed by atoms with Crippen LogP contribution in [0.25, 0.3) is 5.69 Å². The van der Waals surface area contributed by atoms with Gasteiger partial charge in [-0.05, 0) is 67.1 Å². The van der Waals surface area contributed by atoms with Crippen LogP contribution < -0.4 is 10.6 Å². The maximum absolute atomic E-state index is 13.5. The maximum Gasteiger partial charge on any atom is 0.320 e. The van der Waals surface area contributed by atoms with Gasteiger partial charge >= 0.3 is 6.03 Å². The van der Waals surface area contributed by atoms with Crippen molar-refractivity contribution in [1.82, 2.24) is 20.1 Å². The first-order chi connectivity index (χ1) is 18.6. The topological polar surface area (TPSA) is 71.8 Å². The van der Waals surface area contributed by atoms with Gasteiger partial charge in [-0.3, -0.25) is 5.32 Å². The molecular formula is C31H30FN5O. The largest absolute Gasteiger partial charge is 0.331 e. The van der Waals surface area contributed by atoms with Crippen molar-refractivity contribution in [3.8, 4) is 5.69 Å². The number of carbonyl (C=O) groups is 1. The summed E-state index contributed by atoms with van der Waals surface area (Å²) < 4.78 is 15.5. The lowest BCUT2D eigenvalue weighted by molar-refractivity contribution is 0.246. The van der Waals surface area contributed by atoms with Crippen molar-refractivity contribution >= 4 is 11.8 Å². The predicted molar refractivity (Wildman–Crippen MR) is 146 cm³/mol. The highest BCUT2D eigenvalue weighted by atomic mass is 19.1. The molecular weight excluding hydrogens is 477 g/mol. The molecule has 1 unspecified atom stereocenters. The van der Waals surface area contributed by atoms with Crippen molar-refractivity contribution in [1.29, 1.82) is 0 Å². The number of aromatic nitrogens is 3. The van der Waals surface area contributed by atoms with Crippen LogP contribution in [-0.2, 0) is 6.42 Å². The van der Waals surface area contributed by atoms with Crippen LogP contribution in [0.2, 0.25) is 0 Å². The number of nitrogens with one attached hydrogen (secondary N) is 2. The lowest BCUT2D eigenvalue weighted by atomic mass is 9.78. The van der Waals surface area contributed by atoms with E-state index in [9.17, 15) is 9.18 Å². The van der Waals surface area contributed by atoms with E-state index in [1.54, 1.807) is 24.4 Å². The summed E-state index contributed by atoms with van der Waals surface area (Å²) in [6.45, 7) is 2.26. The third-order valence-corrected chi connectivity index (χ3v) is 7.86. The van der Waals surface area contributed by atoms with Crippen molar-refractivity contribution in [2.75, 3.05) is 5.32 Å². The number of halogens is 1. The number of fused-ring (bicyclic) bond motifs is 1. The summed E-state index contributed by atoms with van der Waals surface area (Å²) in [6, 6.07) is 21.7. The van der Waals surface area contributed by atoms with E-state index in [1.807, 2.05) is 41.2 Å². The van der Waals surface area contributed by atoms with E-state index in [1.165, 1.54) is 34.5 Å². The summed E-state index contributed by atoms with van der Waals surface area (Å²) in [7, 11) is 0. The minimum Gasteiger partial charge on any atom is -0.331 e. The summed E-state index contributed by atoms with van der Waals surface area (Å²) in [5.41, 5.74) is 7.36. The molecule has 38 heavy (non-hydrogen) atoms. The highest BCUT2D eigenvalue weighted by Gasteiger charge is 2.37. The van der Waals surface area contributed by atoms with E-state index in [-0.39, 0.29) is 23.8 Å². The number of urea groups is 1. The Morgan fingerprint density at radius 3 is 2.63 bits per heavy atom. The molecule has 0 saturated heterocycles. The lowest BCUT2D eigenvalue weighted by Gasteiger charge is -2.30. The van der Waals surface area contributed by atoms with Crippen molar-refractivity contribution in [2.24, 2.45) is 5.92 Å². The van der Waals surface area contributed by atoms with Crippen molar-refractivity contribution in [3.05, 3.63) is 119 Å². The van der Waals surface area contributed by atoms with E-state index in [0.717, 1.165) is 36.9 Å². The summed E-state index contributed by atoms with van der Waals surface area (Å²) >= 11 is 0. The minimum atomic E-state index is -0.260. The molecule has 7 heteroatoms. The standard InChI is InChI=1S/C31H30FN5O/c1-20-26-19-34-37(25-14-12-24(32)13-15-25)28(26)18-23-11-10-22(30(20)23)17-27(21-7-3-2-4-8-21)35-31(38)36-29-9-5-6-16-33-29/h2-9,12-16,19-20,22,27H,10-11,17-18H2,1H3,(H2,33,35,36,38)/t20-,22+,27?/m0/s1. The van der Waals surface area contributed by atoms with Crippen LogP contribution in [0.1, 0.15) is 55.0 Å².